The Hall–Kier alpha value is -1.48. The number of hydrogen-bond donors (Lipinski definition) is 1. The average Bonchev–Trinajstić information content (AvgIpc) is 2.47. The largest absolute Gasteiger partial charge is 0.508 e. The maximum Gasteiger partial charge on any atom is 0.127 e. The van der Waals surface area contributed by atoms with Gasteiger partial charge in [0.15, 0.2) is 0 Å². The topological polar surface area (TPSA) is 38.0 Å². The van der Waals surface area contributed by atoms with E-state index in [1.807, 2.05) is 6.07 Å². The number of benzene rings is 1. The third-order valence-corrected chi connectivity index (χ3v) is 2.32. The first-order chi connectivity index (χ1) is 6.66. The number of hydrogen-bond acceptors (Lipinski definition) is 2. The molecule has 0 aliphatic rings. The molecule has 0 unspecified atom stereocenters. The van der Waals surface area contributed by atoms with Crippen molar-refractivity contribution in [1.29, 1.82) is 0 Å². The second-order valence-corrected chi connectivity index (χ2v) is 3.41. The SMILES string of the molecule is Cn1nc(-c2cccc(O)c2)cc1Cl. The molecule has 1 N–H and O–H groups in total. The standard InChI is InChI=1S/C10H9ClN2O/c1-13-10(11)6-9(12-13)7-3-2-4-8(14)5-7/h2-6,14H,1H3. The van der Waals surface area contributed by atoms with Crippen molar-refractivity contribution in [3.8, 4) is 17.0 Å². The van der Waals surface area contributed by atoms with Gasteiger partial charge >= 0.3 is 0 Å². The summed E-state index contributed by atoms with van der Waals surface area (Å²) >= 11 is 5.86. The second kappa shape index (κ2) is 3.35. The number of phenols is 1. The van der Waals surface area contributed by atoms with Gasteiger partial charge in [-0.1, -0.05) is 23.7 Å². The van der Waals surface area contributed by atoms with E-state index in [1.165, 1.54) is 0 Å². The third-order valence-electron chi connectivity index (χ3n) is 1.96. The fraction of sp³-hybridized carbons (Fsp3) is 0.100. The van der Waals surface area contributed by atoms with Crippen LogP contribution in [-0.2, 0) is 7.05 Å². The molecule has 0 saturated carbocycles. The van der Waals surface area contributed by atoms with E-state index >= 15 is 0 Å². The van der Waals surface area contributed by atoms with Crippen molar-refractivity contribution in [2.45, 2.75) is 0 Å². The van der Waals surface area contributed by atoms with E-state index in [4.69, 9.17) is 11.6 Å². The molecule has 14 heavy (non-hydrogen) atoms. The van der Waals surface area contributed by atoms with Crippen LogP contribution in [0.4, 0.5) is 0 Å². The molecule has 0 amide bonds. The molecule has 0 atom stereocenters. The van der Waals surface area contributed by atoms with E-state index in [-0.39, 0.29) is 5.75 Å². The summed E-state index contributed by atoms with van der Waals surface area (Å²) in [6, 6.07) is 8.68. The van der Waals surface area contributed by atoms with E-state index in [9.17, 15) is 5.11 Å². The Labute approximate surface area is 86.6 Å². The summed E-state index contributed by atoms with van der Waals surface area (Å²) in [6.07, 6.45) is 0. The number of halogens is 1. The highest BCUT2D eigenvalue weighted by molar-refractivity contribution is 6.29. The molecule has 2 aromatic rings. The molecule has 0 spiro atoms. The van der Waals surface area contributed by atoms with Gasteiger partial charge in [-0.15, -0.1) is 0 Å². The van der Waals surface area contributed by atoms with Crippen LogP contribution in [0, 0.1) is 0 Å². The minimum absolute atomic E-state index is 0.226. The lowest BCUT2D eigenvalue weighted by atomic mass is 10.1. The number of rotatable bonds is 1. The zero-order valence-corrected chi connectivity index (χ0v) is 8.36. The lowest BCUT2D eigenvalue weighted by Crippen LogP contribution is -1.89. The van der Waals surface area contributed by atoms with Crippen LogP contribution < -0.4 is 0 Å². The van der Waals surface area contributed by atoms with Gasteiger partial charge in [0.05, 0.1) is 5.69 Å². The lowest BCUT2D eigenvalue weighted by molar-refractivity contribution is 0.475. The first kappa shape index (κ1) is 9.09. The zero-order chi connectivity index (χ0) is 10.1. The average molecular weight is 209 g/mol. The summed E-state index contributed by atoms with van der Waals surface area (Å²) in [6.45, 7) is 0. The summed E-state index contributed by atoms with van der Waals surface area (Å²) in [5.74, 6) is 0.226. The van der Waals surface area contributed by atoms with Crippen LogP contribution in [0.1, 0.15) is 0 Å². The van der Waals surface area contributed by atoms with Crippen LogP contribution in [0.3, 0.4) is 0 Å². The van der Waals surface area contributed by atoms with Crippen LogP contribution in [-0.4, -0.2) is 14.9 Å². The van der Waals surface area contributed by atoms with Crippen molar-refractivity contribution in [3.63, 3.8) is 0 Å². The van der Waals surface area contributed by atoms with Gasteiger partial charge in [-0.05, 0) is 12.1 Å². The van der Waals surface area contributed by atoms with Crippen LogP contribution in [0.5, 0.6) is 5.75 Å². The van der Waals surface area contributed by atoms with Crippen molar-refractivity contribution >= 4 is 11.6 Å². The van der Waals surface area contributed by atoms with Crippen molar-refractivity contribution in [1.82, 2.24) is 9.78 Å². The van der Waals surface area contributed by atoms with Crippen LogP contribution in [0.15, 0.2) is 30.3 Å². The monoisotopic (exact) mass is 208 g/mol. The van der Waals surface area contributed by atoms with Gasteiger partial charge in [-0.25, -0.2) is 0 Å². The molecule has 0 saturated heterocycles. The molecular weight excluding hydrogens is 200 g/mol. The number of aromatic hydroxyl groups is 1. The molecule has 2 rings (SSSR count). The van der Waals surface area contributed by atoms with Gasteiger partial charge < -0.3 is 5.11 Å². The van der Waals surface area contributed by atoms with Crippen molar-refractivity contribution in [2.75, 3.05) is 0 Å². The quantitative estimate of drug-likeness (QED) is 0.782. The highest BCUT2D eigenvalue weighted by Crippen LogP contribution is 2.23. The summed E-state index contributed by atoms with van der Waals surface area (Å²) in [4.78, 5) is 0. The van der Waals surface area contributed by atoms with E-state index in [0.717, 1.165) is 11.3 Å². The minimum atomic E-state index is 0.226. The summed E-state index contributed by atoms with van der Waals surface area (Å²) in [7, 11) is 1.77. The maximum absolute atomic E-state index is 9.28. The molecule has 0 aliphatic carbocycles. The molecule has 3 nitrogen and oxygen atoms in total. The smallest absolute Gasteiger partial charge is 0.127 e. The fourth-order valence-corrected chi connectivity index (χ4v) is 1.39. The minimum Gasteiger partial charge on any atom is -0.508 e. The zero-order valence-electron chi connectivity index (χ0n) is 7.61. The third kappa shape index (κ3) is 1.59. The number of phenolic OH excluding ortho intramolecular Hbond substituents is 1. The van der Waals surface area contributed by atoms with Gasteiger partial charge in [0.1, 0.15) is 10.9 Å². The molecule has 0 radical (unpaired) electrons. The van der Waals surface area contributed by atoms with E-state index in [1.54, 1.807) is 36.0 Å². The highest BCUT2D eigenvalue weighted by atomic mass is 35.5. The van der Waals surface area contributed by atoms with Gasteiger partial charge in [0.2, 0.25) is 0 Å². The molecule has 1 heterocycles. The first-order valence-electron chi connectivity index (χ1n) is 4.16. The summed E-state index contributed by atoms with van der Waals surface area (Å²) < 4.78 is 1.58. The van der Waals surface area contributed by atoms with Gasteiger partial charge in [-0.3, -0.25) is 4.68 Å². The van der Waals surface area contributed by atoms with Gasteiger partial charge in [-0.2, -0.15) is 5.10 Å². The molecule has 1 aromatic heterocycles. The Balaban J connectivity index is 2.49. The van der Waals surface area contributed by atoms with Gasteiger partial charge in [0.25, 0.3) is 0 Å². The molecule has 0 aliphatic heterocycles. The molecule has 0 fully saturated rings. The van der Waals surface area contributed by atoms with E-state index in [2.05, 4.69) is 5.10 Å². The molecule has 4 heteroatoms. The molecule has 0 bridgehead atoms. The number of aromatic nitrogens is 2. The summed E-state index contributed by atoms with van der Waals surface area (Å²) in [5, 5.41) is 14.1. The Morgan fingerprint density at radius 1 is 1.36 bits per heavy atom. The second-order valence-electron chi connectivity index (χ2n) is 3.03. The fourth-order valence-electron chi connectivity index (χ4n) is 1.25. The highest BCUT2D eigenvalue weighted by Gasteiger charge is 2.05. The van der Waals surface area contributed by atoms with Crippen molar-refractivity contribution in [2.24, 2.45) is 7.05 Å². The van der Waals surface area contributed by atoms with E-state index in [0.29, 0.717) is 5.15 Å². The van der Waals surface area contributed by atoms with Crippen molar-refractivity contribution < 1.29 is 5.11 Å². The Bertz CT molecular complexity index is 445. The van der Waals surface area contributed by atoms with Crippen LogP contribution in [0.25, 0.3) is 11.3 Å². The normalized spacial score (nSPS) is 10.4. The maximum atomic E-state index is 9.28. The predicted octanol–water partition coefficient (Wildman–Crippen LogP) is 2.45. The van der Waals surface area contributed by atoms with Gasteiger partial charge in [0, 0.05) is 18.7 Å². The molecular formula is C10H9ClN2O. The Kier molecular flexibility index (Phi) is 2.17. The molecule has 1 aromatic carbocycles. The predicted molar refractivity (Wildman–Crippen MR) is 55.3 cm³/mol. The number of aryl methyl sites for hydroxylation is 1. The van der Waals surface area contributed by atoms with Crippen molar-refractivity contribution in [3.05, 3.63) is 35.5 Å². The van der Waals surface area contributed by atoms with E-state index < -0.39 is 0 Å². The first-order valence-corrected chi connectivity index (χ1v) is 4.53. The lowest BCUT2D eigenvalue weighted by Gasteiger charge is -1.96. The number of nitrogens with zero attached hydrogens (tertiary/aromatic N) is 2. The summed E-state index contributed by atoms with van der Waals surface area (Å²) in [5.41, 5.74) is 1.61. The Morgan fingerprint density at radius 3 is 2.71 bits per heavy atom. The van der Waals surface area contributed by atoms with Crippen LogP contribution >= 0.6 is 11.6 Å². The molecule has 72 valence electrons. The Morgan fingerprint density at radius 2 is 2.14 bits per heavy atom. The van der Waals surface area contributed by atoms with Crippen LogP contribution in [0.2, 0.25) is 5.15 Å².